The molecule has 4 amide bonds. The van der Waals surface area contributed by atoms with Crippen LogP contribution in [0.5, 0.6) is 0 Å². The summed E-state index contributed by atoms with van der Waals surface area (Å²) >= 11 is 12.9. The fourth-order valence-electron chi connectivity index (χ4n) is 5.94. The van der Waals surface area contributed by atoms with E-state index in [1.807, 2.05) is 24.3 Å². The third kappa shape index (κ3) is 6.07. The molecule has 5 unspecified atom stereocenters. The van der Waals surface area contributed by atoms with Crippen LogP contribution in [0, 0.1) is 17.8 Å². The number of primary amides is 1. The minimum absolute atomic E-state index is 0.100. The fraction of sp³-hybridized carbons (Fsp3) is 0.607. The first kappa shape index (κ1) is 30.1. The van der Waals surface area contributed by atoms with Crippen molar-refractivity contribution >= 4 is 52.8 Å². The number of nitrogens with zero attached hydrogens (tertiary/aromatic N) is 1. The van der Waals surface area contributed by atoms with E-state index >= 15 is 0 Å². The van der Waals surface area contributed by atoms with E-state index in [0.29, 0.717) is 19.3 Å². The summed E-state index contributed by atoms with van der Waals surface area (Å²) in [5.74, 6) is -4.41. The van der Waals surface area contributed by atoms with Gasteiger partial charge in [0.2, 0.25) is 17.6 Å². The molecular formula is C28H36Cl2N4O6. The lowest BCUT2D eigenvalue weighted by Gasteiger charge is -2.35. The number of piperidine rings is 1. The number of alkyl halides is 2. The number of likely N-dealkylation sites (tertiary alicyclic amines) is 1. The van der Waals surface area contributed by atoms with Gasteiger partial charge in [-0.25, -0.2) is 4.79 Å². The Morgan fingerprint density at radius 1 is 1.10 bits per heavy atom. The molecule has 2 aliphatic carbocycles. The van der Waals surface area contributed by atoms with Gasteiger partial charge >= 0.3 is 6.09 Å². The van der Waals surface area contributed by atoms with Crippen molar-refractivity contribution in [3.05, 3.63) is 35.4 Å². The molecule has 40 heavy (non-hydrogen) atoms. The van der Waals surface area contributed by atoms with Crippen LogP contribution in [-0.2, 0) is 36.8 Å². The van der Waals surface area contributed by atoms with Gasteiger partial charge in [-0.3, -0.25) is 19.2 Å². The molecule has 0 radical (unpaired) electrons. The van der Waals surface area contributed by atoms with E-state index < -0.39 is 63.6 Å². The molecule has 1 aromatic carbocycles. The molecule has 0 bridgehead atoms. The van der Waals surface area contributed by atoms with Crippen LogP contribution in [0.4, 0.5) is 4.79 Å². The van der Waals surface area contributed by atoms with Gasteiger partial charge in [-0.1, -0.05) is 37.6 Å². The minimum atomic E-state index is -1.22. The molecule has 4 rings (SSSR count). The Kier molecular flexibility index (Phi) is 8.43. The predicted molar refractivity (Wildman–Crippen MR) is 148 cm³/mol. The van der Waals surface area contributed by atoms with Crippen LogP contribution in [0.2, 0.25) is 0 Å². The third-order valence-electron chi connectivity index (χ3n) is 7.83. The van der Waals surface area contributed by atoms with Gasteiger partial charge in [-0.2, -0.15) is 0 Å². The Balaban J connectivity index is 1.60. The first-order valence-corrected chi connectivity index (χ1v) is 14.3. The average Bonchev–Trinajstić information content (AvgIpc) is 3.24. The standard InChI is InChI=1S/C28H36Cl2N4O6/c1-5-8-18(22(35)23(31)36)32-24(37)21-19-17(28(19,29)30)13-34(21)25(38)20(33-26(39)40-27(2,3)4)16-11-14-9-6-7-10-15(14)12-16/h6-7,9-10,16-21H,5,8,11-13H2,1-4H3,(H2,31,36)(H,32,37)(H,33,39). The molecule has 1 saturated carbocycles. The number of ketones is 1. The molecule has 0 aromatic heterocycles. The topological polar surface area (TPSA) is 148 Å². The average molecular weight is 596 g/mol. The molecule has 4 N–H and O–H groups in total. The molecule has 5 atom stereocenters. The van der Waals surface area contributed by atoms with Crippen molar-refractivity contribution < 1.29 is 28.7 Å². The van der Waals surface area contributed by atoms with Gasteiger partial charge in [0, 0.05) is 18.4 Å². The highest BCUT2D eigenvalue weighted by Crippen LogP contribution is 2.65. The van der Waals surface area contributed by atoms with E-state index in [9.17, 15) is 24.0 Å². The van der Waals surface area contributed by atoms with Crippen LogP contribution >= 0.6 is 23.2 Å². The summed E-state index contributed by atoms with van der Waals surface area (Å²) < 4.78 is 4.24. The van der Waals surface area contributed by atoms with Crippen LogP contribution in [0.15, 0.2) is 24.3 Å². The van der Waals surface area contributed by atoms with Crippen LogP contribution in [0.25, 0.3) is 0 Å². The molecule has 10 nitrogen and oxygen atoms in total. The second kappa shape index (κ2) is 11.2. The highest BCUT2D eigenvalue weighted by atomic mass is 35.5. The number of rotatable bonds is 9. The number of benzene rings is 1. The molecule has 1 saturated heterocycles. The predicted octanol–water partition coefficient (Wildman–Crippen LogP) is 2.26. The van der Waals surface area contributed by atoms with Gasteiger partial charge in [0.1, 0.15) is 22.0 Å². The van der Waals surface area contributed by atoms with Crippen molar-refractivity contribution in [1.82, 2.24) is 15.5 Å². The van der Waals surface area contributed by atoms with Crippen molar-refractivity contribution in [3.63, 3.8) is 0 Å². The van der Waals surface area contributed by atoms with Gasteiger partial charge in [0.05, 0.1) is 6.04 Å². The number of ether oxygens (including phenoxy) is 1. The van der Waals surface area contributed by atoms with Crippen molar-refractivity contribution in [1.29, 1.82) is 0 Å². The lowest BCUT2D eigenvalue weighted by Crippen LogP contribution is -2.59. The number of nitrogens with two attached hydrogens (primary N) is 1. The largest absolute Gasteiger partial charge is 0.444 e. The summed E-state index contributed by atoms with van der Waals surface area (Å²) in [6, 6.07) is 4.61. The van der Waals surface area contributed by atoms with Gasteiger partial charge in [0.15, 0.2) is 0 Å². The van der Waals surface area contributed by atoms with Crippen molar-refractivity contribution in [3.8, 4) is 0 Å². The zero-order valence-corrected chi connectivity index (χ0v) is 24.6. The number of carbonyl (C=O) groups excluding carboxylic acids is 5. The van der Waals surface area contributed by atoms with Crippen molar-refractivity contribution in [2.24, 2.45) is 23.5 Å². The Hall–Kier alpha value is -2.85. The van der Waals surface area contributed by atoms with E-state index in [-0.39, 0.29) is 24.8 Å². The smallest absolute Gasteiger partial charge is 0.408 e. The molecule has 3 aliphatic rings. The summed E-state index contributed by atoms with van der Waals surface area (Å²) in [6.45, 7) is 7.07. The van der Waals surface area contributed by atoms with Crippen LogP contribution in [0.3, 0.4) is 0 Å². The Morgan fingerprint density at radius 3 is 2.23 bits per heavy atom. The number of amides is 4. The van der Waals surface area contributed by atoms with Gasteiger partial charge in [0.25, 0.3) is 5.91 Å². The summed E-state index contributed by atoms with van der Waals surface area (Å²) in [7, 11) is 0. The van der Waals surface area contributed by atoms with Crippen LogP contribution in [-0.4, -0.2) is 69.1 Å². The molecule has 0 spiro atoms. The molecule has 1 aromatic rings. The van der Waals surface area contributed by atoms with E-state index in [1.165, 1.54) is 4.90 Å². The van der Waals surface area contributed by atoms with Gasteiger partial charge in [-0.05, 0) is 57.1 Å². The number of fused-ring (bicyclic) bond motifs is 2. The van der Waals surface area contributed by atoms with Crippen LogP contribution < -0.4 is 16.4 Å². The molecular weight excluding hydrogens is 559 g/mol. The first-order chi connectivity index (χ1) is 18.7. The zero-order chi connectivity index (χ0) is 29.6. The molecule has 2 fully saturated rings. The number of halogens is 2. The monoisotopic (exact) mass is 594 g/mol. The lowest BCUT2D eigenvalue weighted by molar-refractivity contribution is -0.143. The minimum Gasteiger partial charge on any atom is -0.444 e. The quantitative estimate of drug-likeness (QED) is 0.295. The van der Waals surface area contributed by atoms with E-state index in [0.717, 1.165) is 11.1 Å². The number of hydrogen-bond donors (Lipinski definition) is 3. The molecule has 1 aliphatic heterocycles. The van der Waals surface area contributed by atoms with Gasteiger partial charge in [-0.15, -0.1) is 23.2 Å². The first-order valence-electron chi connectivity index (χ1n) is 13.5. The fourth-order valence-corrected chi connectivity index (χ4v) is 6.77. The SMILES string of the molecule is CCCC(NC(=O)C1C2C(CN1C(=O)C(NC(=O)OC(C)(C)C)C1Cc3ccccc3C1)C2(Cl)Cl)C(=O)C(N)=O. The second-order valence-electron chi connectivity index (χ2n) is 11.9. The number of alkyl carbamates (subject to hydrolysis) is 1. The summed E-state index contributed by atoms with van der Waals surface area (Å²) in [6.07, 6.45) is 1.06. The second-order valence-corrected chi connectivity index (χ2v) is 13.3. The molecule has 12 heteroatoms. The van der Waals surface area contributed by atoms with Crippen molar-refractivity contribution in [2.75, 3.05) is 6.54 Å². The Labute approximate surface area is 243 Å². The summed E-state index contributed by atoms with van der Waals surface area (Å²) in [4.78, 5) is 65.9. The highest BCUT2D eigenvalue weighted by molar-refractivity contribution is 6.51. The molecule has 218 valence electrons. The zero-order valence-electron chi connectivity index (χ0n) is 23.0. The van der Waals surface area contributed by atoms with Crippen molar-refractivity contribution in [2.45, 2.75) is 81.4 Å². The van der Waals surface area contributed by atoms with E-state index in [4.69, 9.17) is 33.7 Å². The molecule has 1 heterocycles. The highest BCUT2D eigenvalue weighted by Gasteiger charge is 2.74. The Bertz CT molecular complexity index is 1190. The number of Topliss-reactive ketones (excluding diaryl/α,β-unsaturated/α-hetero) is 1. The normalized spacial score (nSPS) is 24.4. The summed E-state index contributed by atoms with van der Waals surface area (Å²) in [5, 5.41) is 5.37. The van der Waals surface area contributed by atoms with Gasteiger partial charge < -0.3 is 26.0 Å². The number of hydrogen-bond acceptors (Lipinski definition) is 6. The maximum Gasteiger partial charge on any atom is 0.408 e. The Morgan fingerprint density at radius 2 is 1.70 bits per heavy atom. The van der Waals surface area contributed by atoms with E-state index in [1.54, 1.807) is 27.7 Å². The summed E-state index contributed by atoms with van der Waals surface area (Å²) in [5.41, 5.74) is 6.57. The van der Waals surface area contributed by atoms with Crippen LogP contribution in [0.1, 0.15) is 51.7 Å². The number of nitrogens with one attached hydrogen (secondary N) is 2. The number of carbonyl (C=O) groups is 5. The third-order valence-corrected chi connectivity index (χ3v) is 8.89. The van der Waals surface area contributed by atoms with E-state index in [2.05, 4.69) is 10.6 Å². The maximum absolute atomic E-state index is 14.2. The lowest BCUT2D eigenvalue weighted by atomic mass is 9.94. The maximum atomic E-state index is 14.2.